The number of carbonyl (C=O) groups excluding carboxylic acids is 2. The summed E-state index contributed by atoms with van der Waals surface area (Å²) in [7, 11) is 1.55. The number of nitrogens with one attached hydrogen (secondary N) is 2. The molecule has 2 N–H and O–H groups in total. The zero-order chi connectivity index (χ0) is 9.84. The highest BCUT2D eigenvalue weighted by Crippen LogP contribution is 2.30. The molecule has 0 spiro atoms. The van der Waals surface area contributed by atoms with Gasteiger partial charge in [0.15, 0.2) is 5.78 Å². The molecule has 0 radical (unpaired) electrons. The second-order valence-corrected chi connectivity index (χ2v) is 3.29. The number of hydrogen-bond acceptors (Lipinski definition) is 3. The molecule has 13 heavy (non-hydrogen) atoms. The van der Waals surface area contributed by atoms with E-state index in [0.29, 0.717) is 0 Å². The van der Waals surface area contributed by atoms with E-state index in [0.717, 1.165) is 12.8 Å². The van der Waals surface area contributed by atoms with Crippen LogP contribution in [0.5, 0.6) is 0 Å². The maximum atomic E-state index is 11.2. The van der Waals surface area contributed by atoms with Gasteiger partial charge in [-0.2, -0.15) is 0 Å². The van der Waals surface area contributed by atoms with Crippen LogP contribution in [-0.4, -0.2) is 24.4 Å². The van der Waals surface area contributed by atoms with Crippen molar-refractivity contribution in [1.82, 2.24) is 5.32 Å². The maximum Gasteiger partial charge on any atom is 0.220 e. The minimum absolute atomic E-state index is 0.0658. The van der Waals surface area contributed by atoms with Gasteiger partial charge in [0.25, 0.3) is 0 Å². The molecule has 1 rings (SSSR count). The van der Waals surface area contributed by atoms with Crippen molar-refractivity contribution in [2.75, 3.05) is 7.05 Å². The quantitative estimate of drug-likeness (QED) is 0.608. The summed E-state index contributed by atoms with van der Waals surface area (Å²) >= 11 is 0. The summed E-state index contributed by atoms with van der Waals surface area (Å²) in [5.41, 5.74) is 0.103. The van der Waals surface area contributed by atoms with Gasteiger partial charge < -0.3 is 10.7 Å². The van der Waals surface area contributed by atoms with E-state index in [4.69, 9.17) is 5.41 Å². The Morgan fingerprint density at radius 2 is 2.00 bits per heavy atom. The first-order valence-electron chi connectivity index (χ1n) is 4.47. The molecule has 1 amide bonds. The average molecular weight is 182 g/mol. The monoisotopic (exact) mass is 182 g/mol. The smallest absolute Gasteiger partial charge is 0.220 e. The first-order chi connectivity index (χ1) is 6.15. The Kier molecular flexibility index (Phi) is 3.17. The second-order valence-electron chi connectivity index (χ2n) is 3.29. The number of Topliss-reactive ketones (excluding diaryl/α,β-unsaturated/α-hetero) is 1. The Balaban J connectivity index is 2.24. The van der Waals surface area contributed by atoms with Crippen LogP contribution >= 0.6 is 0 Å². The molecular formula is C9H14N2O2. The Morgan fingerprint density at radius 3 is 2.46 bits per heavy atom. The second kappa shape index (κ2) is 4.16. The highest BCUT2D eigenvalue weighted by atomic mass is 16.1. The van der Waals surface area contributed by atoms with Crippen molar-refractivity contribution in [2.24, 2.45) is 5.92 Å². The lowest BCUT2D eigenvalue weighted by molar-refractivity contribution is -0.120. The van der Waals surface area contributed by atoms with E-state index in [1.165, 1.54) is 0 Å². The number of amides is 1. The molecule has 1 aliphatic rings. The van der Waals surface area contributed by atoms with Crippen molar-refractivity contribution < 1.29 is 9.59 Å². The van der Waals surface area contributed by atoms with Gasteiger partial charge in [0, 0.05) is 25.8 Å². The Hall–Kier alpha value is -1.19. The molecule has 1 aliphatic carbocycles. The molecule has 0 atom stereocenters. The van der Waals surface area contributed by atoms with Crippen LogP contribution in [0.3, 0.4) is 0 Å². The Morgan fingerprint density at radius 1 is 1.38 bits per heavy atom. The van der Waals surface area contributed by atoms with Crippen molar-refractivity contribution in [1.29, 1.82) is 5.41 Å². The number of hydrogen-bond donors (Lipinski definition) is 2. The summed E-state index contributed by atoms with van der Waals surface area (Å²) in [6.45, 7) is 0. The third kappa shape index (κ3) is 2.97. The van der Waals surface area contributed by atoms with E-state index in [2.05, 4.69) is 5.32 Å². The summed E-state index contributed by atoms with van der Waals surface area (Å²) in [6.07, 6.45) is 2.35. The molecule has 1 fully saturated rings. The third-order valence-corrected chi connectivity index (χ3v) is 2.13. The molecule has 0 heterocycles. The molecule has 1 saturated carbocycles. The zero-order valence-corrected chi connectivity index (χ0v) is 7.72. The molecule has 0 aromatic heterocycles. The summed E-state index contributed by atoms with van der Waals surface area (Å²) in [6, 6.07) is 0. The lowest BCUT2D eigenvalue weighted by Crippen LogP contribution is -2.21. The number of rotatable bonds is 5. The van der Waals surface area contributed by atoms with Crippen LogP contribution in [0.15, 0.2) is 0 Å². The van der Waals surface area contributed by atoms with Gasteiger partial charge in [0.2, 0.25) is 5.91 Å². The van der Waals surface area contributed by atoms with Crippen LogP contribution in [0.25, 0.3) is 0 Å². The highest BCUT2D eigenvalue weighted by Gasteiger charge is 2.31. The molecule has 72 valence electrons. The Bertz CT molecular complexity index is 244. The summed E-state index contributed by atoms with van der Waals surface area (Å²) < 4.78 is 0. The first-order valence-corrected chi connectivity index (χ1v) is 4.47. The van der Waals surface area contributed by atoms with Crippen molar-refractivity contribution in [2.45, 2.75) is 25.7 Å². The van der Waals surface area contributed by atoms with Crippen LogP contribution in [0.1, 0.15) is 25.7 Å². The van der Waals surface area contributed by atoms with Crippen molar-refractivity contribution in [3.63, 3.8) is 0 Å². The van der Waals surface area contributed by atoms with Gasteiger partial charge in [0.05, 0.1) is 5.71 Å². The standard InChI is InChI=1S/C9H14N2O2/c1-11-8(12)5-4-7(10)9(13)6-2-3-6/h6,10H,2-5H2,1H3,(H,11,12). The minimum Gasteiger partial charge on any atom is -0.359 e. The zero-order valence-electron chi connectivity index (χ0n) is 7.72. The highest BCUT2D eigenvalue weighted by molar-refractivity contribution is 6.40. The number of ketones is 1. The predicted molar refractivity (Wildman–Crippen MR) is 48.8 cm³/mol. The van der Waals surface area contributed by atoms with Gasteiger partial charge in [-0.25, -0.2) is 0 Å². The molecule has 0 unspecified atom stereocenters. The molecule has 0 aromatic rings. The predicted octanol–water partition coefficient (Wildman–Crippen LogP) is 0.511. The Labute approximate surface area is 77.2 Å². The first kappa shape index (κ1) is 9.89. The SMILES string of the molecule is CNC(=O)CCC(=N)C(=O)C1CC1. The fourth-order valence-electron chi connectivity index (χ4n) is 1.08. The van der Waals surface area contributed by atoms with E-state index < -0.39 is 0 Å². The summed E-state index contributed by atoms with van der Waals surface area (Å²) in [5, 5.41) is 9.86. The van der Waals surface area contributed by atoms with Crippen LogP contribution < -0.4 is 5.32 Å². The number of carbonyl (C=O) groups is 2. The topological polar surface area (TPSA) is 70.0 Å². The van der Waals surface area contributed by atoms with Crippen molar-refractivity contribution in [3.8, 4) is 0 Å². The normalized spacial score (nSPS) is 15.2. The van der Waals surface area contributed by atoms with Gasteiger partial charge in [-0.3, -0.25) is 9.59 Å². The fraction of sp³-hybridized carbons (Fsp3) is 0.667. The van der Waals surface area contributed by atoms with Gasteiger partial charge in [0.1, 0.15) is 0 Å². The molecular weight excluding hydrogens is 168 g/mol. The van der Waals surface area contributed by atoms with E-state index >= 15 is 0 Å². The van der Waals surface area contributed by atoms with Crippen molar-refractivity contribution >= 4 is 17.4 Å². The van der Waals surface area contributed by atoms with Crippen LogP contribution in [0.4, 0.5) is 0 Å². The minimum atomic E-state index is -0.117. The van der Waals surface area contributed by atoms with Crippen LogP contribution in [0, 0.1) is 11.3 Å². The largest absolute Gasteiger partial charge is 0.359 e. The van der Waals surface area contributed by atoms with E-state index in [9.17, 15) is 9.59 Å². The van der Waals surface area contributed by atoms with Gasteiger partial charge >= 0.3 is 0 Å². The molecule has 0 aromatic carbocycles. The summed E-state index contributed by atoms with van der Waals surface area (Å²) in [5.74, 6) is -0.0885. The van der Waals surface area contributed by atoms with E-state index in [1.807, 2.05) is 0 Å². The lowest BCUT2D eigenvalue weighted by atomic mass is 10.1. The lowest BCUT2D eigenvalue weighted by Gasteiger charge is -2.00. The molecule has 0 saturated heterocycles. The van der Waals surface area contributed by atoms with Gasteiger partial charge in [-0.1, -0.05) is 0 Å². The van der Waals surface area contributed by atoms with Gasteiger partial charge in [-0.15, -0.1) is 0 Å². The molecule has 0 aliphatic heterocycles. The van der Waals surface area contributed by atoms with E-state index in [1.54, 1.807) is 7.05 Å². The average Bonchev–Trinajstić information content (AvgIpc) is 2.95. The molecule has 4 nitrogen and oxygen atoms in total. The van der Waals surface area contributed by atoms with Crippen molar-refractivity contribution in [3.05, 3.63) is 0 Å². The van der Waals surface area contributed by atoms with Crippen LogP contribution in [0.2, 0.25) is 0 Å². The maximum absolute atomic E-state index is 11.2. The van der Waals surface area contributed by atoms with E-state index in [-0.39, 0.29) is 36.2 Å². The fourth-order valence-corrected chi connectivity index (χ4v) is 1.08. The van der Waals surface area contributed by atoms with Crippen LogP contribution in [-0.2, 0) is 9.59 Å². The molecule has 4 heteroatoms. The molecule has 0 bridgehead atoms. The third-order valence-electron chi connectivity index (χ3n) is 2.13. The van der Waals surface area contributed by atoms with Gasteiger partial charge in [-0.05, 0) is 12.8 Å². The summed E-state index contributed by atoms with van der Waals surface area (Å²) in [4.78, 5) is 22.1.